The van der Waals surface area contributed by atoms with Gasteiger partial charge in [0, 0.05) is 6.20 Å². The first-order valence-electron chi connectivity index (χ1n) is 4.54. The molecule has 1 radical (unpaired) electrons. The van der Waals surface area contributed by atoms with Crippen LogP contribution in [0.3, 0.4) is 0 Å². The van der Waals surface area contributed by atoms with Gasteiger partial charge in [0.05, 0.1) is 10.7 Å². The largest absolute Gasteiger partial charge is 0.486 e. The lowest BCUT2D eigenvalue weighted by Crippen LogP contribution is -1.97. The molecule has 0 bridgehead atoms. The zero-order valence-electron chi connectivity index (χ0n) is 7.98. The van der Waals surface area contributed by atoms with E-state index < -0.39 is 0 Å². The zero-order chi connectivity index (χ0) is 10.5. The molecule has 1 aromatic carbocycles. The van der Waals surface area contributed by atoms with E-state index in [9.17, 15) is 0 Å². The van der Waals surface area contributed by atoms with Crippen molar-refractivity contribution in [2.45, 2.75) is 6.61 Å². The zero-order valence-corrected chi connectivity index (χ0v) is 8.74. The maximum atomic E-state index is 5.91. The van der Waals surface area contributed by atoms with Crippen LogP contribution in [0.4, 0.5) is 0 Å². The number of halogens is 1. The van der Waals surface area contributed by atoms with Crippen molar-refractivity contribution in [1.29, 1.82) is 0 Å². The van der Waals surface area contributed by atoms with Crippen molar-refractivity contribution in [3.63, 3.8) is 0 Å². The lowest BCUT2D eigenvalue weighted by Gasteiger charge is -2.06. The van der Waals surface area contributed by atoms with E-state index in [-0.39, 0.29) is 0 Å². The minimum atomic E-state index is 0.421. The minimum Gasteiger partial charge on any atom is -0.486 e. The summed E-state index contributed by atoms with van der Waals surface area (Å²) in [5.41, 5.74) is 0.876. The quantitative estimate of drug-likeness (QED) is 0.790. The van der Waals surface area contributed by atoms with Crippen LogP contribution in [0.15, 0.2) is 42.6 Å². The van der Waals surface area contributed by atoms with Gasteiger partial charge in [0.25, 0.3) is 0 Å². The van der Waals surface area contributed by atoms with Gasteiger partial charge in [-0.05, 0) is 30.3 Å². The third-order valence-electron chi connectivity index (χ3n) is 1.88. The van der Waals surface area contributed by atoms with Crippen LogP contribution in [0.25, 0.3) is 0 Å². The van der Waals surface area contributed by atoms with E-state index in [0.29, 0.717) is 17.4 Å². The standard InChI is InChI=1S/C12H9ClNO/c13-11-6-1-2-7-12(11)15-9-10-5-3-4-8-14-10/h2-8H,9H2. The van der Waals surface area contributed by atoms with Crippen molar-refractivity contribution >= 4 is 11.6 Å². The van der Waals surface area contributed by atoms with Crippen LogP contribution in [0.5, 0.6) is 5.75 Å². The Hall–Kier alpha value is -1.54. The van der Waals surface area contributed by atoms with Crippen molar-refractivity contribution < 1.29 is 4.74 Å². The highest BCUT2D eigenvalue weighted by Crippen LogP contribution is 2.23. The predicted molar refractivity (Wildman–Crippen MR) is 58.9 cm³/mol. The molecule has 15 heavy (non-hydrogen) atoms. The summed E-state index contributed by atoms with van der Waals surface area (Å²) in [7, 11) is 0. The molecule has 0 fully saturated rings. The number of pyridine rings is 1. The number of nitrogens with zero attached hydrogens (tertiary/aromatic N) is 1. The van der Waals surface area contributed by atoms with Crippen LogP contribution < -0.4 is 4.74 Å². The van der Waals surface area contributed by atoms with Crippen LogP contribution in [0.1, 0.15) is 5.69 Å². The van der Waals surface area contributed by atoms with Gasteiger partial charge in [0.15, 0.2) is 0 Å². The molecule has 0 saturated heterocycles. The number of benzene rings is 1. The van der Waals surface area contributed by atoms with Crippen LogP contribution in [-0.2, 0) is 6.61 Å². The van der Waals surface area contributed by atoms with Gasteiger partial charge in [-0.15, -0.1) is 0 Å². The third kappa shape index (κ3) is 2.70. The molecule has 75 valence electrons. The Morgan fingerprint density at radius 1 is 1.33 bits per heavy atom. The number of hydrogen-bond donors (Lipinski definition) is 0. The SMILES string of the molecule is Clc1c[c]ccc1OCc1ccccn1. The molecule has 1 aromatic heterocycles. The first kappa shape index (κ1) is 9.99. The lowest BCUT2D eigenvalue weighted by atomic mass is 10.3. The van der Waals surface area contributed by atoms with Crippen molar-refractivity contribution in [3.8, 4) is 5.75 Å². The molecule has 0 saturated carbocycles. The smallest absolute Gasteiger partial charge is 0.138 e. The maximum Gasteiger partial charge on any atom is 0.138 e. The van der Waals surface area contributed by atoms with Gasteiger partial charge in [0.1, 0.15) is 12.4 Å². The second-order valence-corrected chi connectivity index (χ2v) is 3.37. The van der Waals surface area contributed by atoms with Gasteiger partial charge in [-0.3, -0.25) is 4.98 Å². The fraction of sp³-hybridized carbons (Fsp3) is 0.0833. The molecule has 0 atom stereocenters. The van der Waals surface area contributed by atoms with E-state index in [1.54, 1.807) is 24.4 Å². The summed E-state index contributed by atoms with van der Waals surface area (Å²) in [5.74, 6) is 0.654. The van der Waals surface area contributed by atoms with E-state index in [4.69, 9.17) is 16.3 Å². The number of hydrogen-bond acceptors (Lipinski definition) is 2. The van der Waals surface area contributed by atoms with Gasteiger partial charge in [-0.1, -0.05) is 23.7 Å². The predicted octanol–water partition coefficient (Wildman–Crippen LogP) is 3.11. The molecule has 2 nitrogen and oxygen atoms in total. The Morgan fingerprint density at radius 2 is 2.27 bits per heavy atom. The summed E-state index contributed by atoms with van der Waals surface area (Å²) in [6.07, 6.45) is 1.74. The first-order valence-corrected chi connectivity index (χ1v) is 4.92. The molecule has 1 heterocycles. The summed E-state index contributed by atoms with van der Waals surface area (Å²) < 4.78 is 5.51. The van der Waals surface area contributed by atoms with E-state index in [1.807, 2.05) is 18.2 Å². The molecule has 0 aliphatic carbocycles. The molecule has 0 unspecified atom stereocenters. The molecule has 0 N–H and O–H groups in total. The van der Waals surface area contributed by atoms with Gasteiger partial charge in [0.2, 0.25) is 0 Å². The van der Waals surface area contributed by atoms with Gasteiger partial charge in [-0.25, -0.2) is 0 Å². The molecule has 0 amide bonds. The normalized spacial score (nSPS) is 9.93. The molecule has 0 aliphatic rings. The van der Waals surface area contributed by atoms with E-state index in [1.165, 1.54) is 0 Å². The molecule has 2 rings (SSSR count). The van der Waals surface area contributed by atoms with E-state index in [2.05, 4.69) is 11.1 Å². The highest BCUT2D eigenvalue weighted by atomic mass is 35.5. The van der Waals surface area contributed by atoms with Crippen LogP contribution in [-0.4, -0.2) is 4.98 Å². The van der Waals surface area contributed by atoms with Crippen LogP contribution >= 0.6 is 11.6 Å². The van der Waals surface area contributed by atoms with Gasteiger partial charge < -0.3 is 4.74 Å². The first-order chi connectivity index (χ1) is 7.36. The van der Waals surface area contributed by atoms with Crippen molar-refractivity contribution in [2.24, 2.45) is 0 Å². The Labute approximate surface area is 93.5 Å². The maximum absolute atomic E-state index is 5.91. The number of aromatic nitrogens is 1. The molecular weight excluding hydrogens is 210 g/mol. The fourth-order valence-corrected chi connectivity index (χ4v) is 1.33. The minimum absolute atomic E-state index is 0.421. The summed E-state index contributed by atoms with van der Waals surface area (Å²) in [4.78, 5) is 4.15. The Kier molecular flexibility index (Phi) is 3.20. The van der Waals surface area contributed by atoms with Crippen molar-refractivity contribution in [1.82, 2.24) is 4.98 Å². The van der Waals surface area contributed by atoms with Crippen molar-refractivity contribution in [2.75, 3.05) is 0 Å². The molecule has 2 aromatic rings. The molecule has 0 aliphatic heterocycles. The number of ether oxygens (including phenoxy) is 1. The van der Waals surface area contributed by atoms with E-state index in [0.717, 1.165) is 5.69 Å². The average molecular weight is 219 g/mol. The Bertz CT molecular complexity index is 431. The third-order valence-corrected chi connectivity index (χ3v) is 2.17. The van der Waals surface area contributed by atoms with Crippen LogP contribution in [0.2, 0.25) is 5.02 Å². The Balaban J connectivity index is 2.03. The number of rotatable bonds is 3. The molecule has 0 spiro atoms. The topological polar surface area (TPSA) is 22.1 Å². The summed E-state index contributed by atoms with van der Waals surface area (Å²) in [6, 6.07) is 13.8. The molecular formula is C12H9ClNO. The lowest BCUT2D eigenvalue weighted by molar-refractivity contribution is 0.301. The monoisotopic (exact) mass is 218 g/mol. The van der Waals surface area contributed by atoms with Crippen molar-refractivity contribution in [3.05, 3.63) is 59.4 Å². The van der Waals surface area contributed by atoms with Gasteiger partial charge >= 0.3 is 0 Å². The van der Waals surface area contributed by atoms with Gasteiger partial charge in [-0.2, -0.15) is 0 Å². The second-order valence-electron chi connectivity index (χ2n) is 2.97. The summed E-state index contributed by atoms with van der Waals surface area (Å²) >= 11 is 5.91. The molecule has 3 heteroatoms. The summed E-state index contributed by atoms with van der Waals surface area (Å²) in [6.45, 7) is 0.421. The van der Waals surface area contributed by atoms with Crippen LogP contribution in [0, 0.1) is 6.07 Å². The van der Waals surface area contributed by atoms with E-state index >= 15 is 0 Å². The highest BCUT2D eigenvalue weighted by Gasteiger charge is 2.00. The second kappa shape index (κ2) is 4.80. The summed E-state index contributed by atoms with van der Waals surface area (Å²) in [5, 5.41) is 0.563. The highest BCUT2D eigenvalue weighted by molar-refractivity contribution is 6.32. The average Bonchev–Trinajstić information content (AvgIpc) is 2.29. The fourth-order valence-electron chi connectivity index (χ4n) is 1.15. The Morgan fingerprint density at radius 3 is 3.00 bits per heavy atom.